The minimum absolute atomic E-state index is 0.791. The second-order valence-electron chi connectivity index (χ2n) is 4.41. The van der Waals surface area contributed by atoms with Gasteiger partial charge in [-0.3, -0.25) is 0 Å². The Morgan fingerprint density at radius 3 is 1.26 bits per heavy atom. The first-order valence-corrected chi connectivity index (χ1v) is 6.86. The highest BCUT2D eigenvalue weighted by atomic mass is 32.1. The summed E-state index contributed by atoms with van der Waals surface area (Å²) in [6.07, 6.45) is 0. The van der Waals surface area contributed by atoms with E-state index in [-0.39, 0.29) is 0 Å². The normalized spacial score (nSPS) is 10.5. The van der Waals surface area contributed by atoms with Crippen molar-refractivity contribution in [1.82, 2.24) is 0 Å². The smallest absolute Gasteiger partial charge is 0.0349 e. The molecule has 3 rings (SSSR count). The molecule has 0 radical (unpaired) electrons. The lowest BCUT2D eigenvalue weighted by atomic mass is 10.1. The summed E-state index contributed by atoms with van der Waals surface area (Å²) in [5, 5.41) is 0. The molecular formula is C16H14N2S. The topological polar surface area (TPSA) is 52.0 Å². The van der Waals surface area contributed by atoms with Gasteiger partial charge in [0.15, 0.2) is 0 Å². The molecule has 0 bridgehead atoms. The van der Waals surface area contributed by atoms with Gasteiger partial charge in [-0.1, -0.05) is 24.3 Å². The molecule has 3 heteroatoms. The van der Waals surface area contributed by atoms with Crippen LogP contribution in [0.4, 0.5) is 11.4 Å². The van der Waals surface area contributed by atoms with Crippen molar-refractivity contribution in [1.29, 1.82) is 0 Å². The number of nitrogens with two attached hydrogens (primary N) is 2. The van der Waals surface area contributed by atoms with E-state index in [1.807, 2.05) is 48.5 Å². The van der Waals surface area contributed by atoms with E-state index in [1.165, 1.54) is 20.9 Å². The van der Waals surface area contributed by atoms with Gasteiger partial charge in [0.05, 0.1) is 0 Å². The van der Waals surface area contributed by atoms with Crippen molar-refractivity contribution in [3.63, 3.8) is 0 Å². The average molecular weight is 266 g/mol. The number of hydrogen-bond acceptors (Lipinski definition) is 3. The molecule has 4 N–H and O–H groups in total. The summed E-state index contributed by atoms with van der Waals surface area (Å²) >= 11 is 1.77. The predicted molar refractivity (Wildman–Crippen MR) is 84.0 cm³/mol. The van der Waals surface area contributed by atoms with Gasteiger partial charge in [0.2, 0.25) is 0 Å². The number of hydrogen-bond donors (Lipinski definition) is 2. The van der Waals surface area contributed by atoms with Gasteiger partial charge >= 0.3 is 0 Å². The third-order valence-corrected chi connectivity index (χ3v) is 4.18. The Kier molecular flexibility index (Phi) is 2.97. The zero-order chi connectivity index (χ0) is 13.2. The van der Waals surface area contributed by atoms with Crippen LogP contribution in [0.1, 0.15) is 0 Å². The van der Waals surface area contributed by atoms with Crippen LogP contribution in [-0.2, 0) is 0 Å². The van der Waals surface area contributed by atoms with Crippen molar-refractivity contribution in [3.05, 3.63) is 60.7 Å². The molecule has 0 saturated carbocycles. The van der Waals surface area contributed by atoms with E-state index in [1.54, 1.807) is 11.3 Å². The summed E-state index contributed by atoms with van der Waals surface area (Å²) in [5.74, 6) is 0. The maximum atomic E-state index is 5.71. The molecule has 0 aliphatic heterocycles. The first-order chi connectivity index (χ1) is 9.22. The van der Waals surface area contributed by atoms with Gasteiger partial charge in [0.25, 0.3) is 0 Å². The first kappa shape index (κ1) is 11.8. The summed E-state index contributed by atoms with van der Waals surface area (Å²) in [7, 11) is 0. The van der Waals surface area contributed by atoms with Crippen molar-refractivity contribution >= 4 is 22.7 Å². The van der Waals surface area contributed by atoms with E-state index in [0.717, 1.165) is 11.4 Å². The van der Waals surface area contributed by atoms with Crippen LogP contribution in [0.5, 0.6) is 0 Å². The van der Waals surface area contributed by atoms with E-state index in [9.17, 15) is 0 Å². The van der Waals surface area contributed by atoms with Crippen LogP contribution in [0, 0.1) is 0 Å². The predicted octanol–water partition coefficient (Wildman–Crippen LogP) is 4.25. The number of rotatable bonds is 2. The molecule has 94 valence electrons. The first-order valence-electron chi connectivity index (χ1n) is 6.04. The molecule has 0 fully saturated rings. The quantitative estimate of drug-likeness (QED) is 0.681. The molecule has 0 saturated heterocycles. The van der Waals surface area contributed by atoms with Gasteiger partial charge in [-0.05, 0) is 47.5 Å². The maximum Gasteiger partial charge on any atom is 0.0349 e. The Bertz CT molecular complexity index is 622. The second kappa shape index (κ2) is 4.78. The molecule has 0 aliphatic rings. The SMILES string of the molecule is Nc1ccc(-c2ccc(-c3ccc(N)cc3)s2)cc1. The van der Waals surface area contributed by atoms with E-state index in [4.69, 9.17) is 11.5 Å². The van der Waals surface area contributed by atoms with E-state index in [0.29, 0.717) is 0 Å². The van der Waals surface area contributed by atoms with Crippen molar-refractivity contribution in [3.8, 4) is 20.9 Å². The van der Waals surface area contributed by atoms with Crippen molar-refractivity contribution in [2.45, 2.75) is 0 Å². The monoisotopic (exact) mass is 266 g/mol. The van der Waals surface area contributed by atoms with Crippen molar-refractivity contribution in [2.75, 3.05) is 11.5 Å². The van der Waals surface area contributed by atoms with E-state index in [2.05, 4.69) is 12.1 Å². The largest absolute Gasteiger partial charge is 0.399 e. The molecule has 2 aromatic carbocycles. The van der Waals surface area contributed by atoms with Gasteiger partial charge < -0.3 is 11.5 Å². The lowest BCUT2D eigenvalue weighted by molar-refractivity contribution is 1.67. The lowest BCUT2D eigenvalue weighted by Crippen LogP contribution is -1.82. The highest BCUT2D eigenvalue weighted by Crippen LogP contribution is 2.34. The Labute approximate surface area is 116 Å². The van der Waals surface area contributed by atoms with Crippen LogP contribution in [0.15, 0.2) is 60.7 Å². The third kappa shape index (κ3) is 2.46. The van der Waals surface area contributed by atoms with Crippen molar-refractivity contribution in [2.24, 2.45) is 0 Å². The lowest BCUT2D eigenvalue weighted by Gasteiger charge is -1.99. The van der Waals surface area contributed by atoms with E-state index < -0.39 is 0 Å². The fourth-order valence-corrected chi connectivity index (χ4v) is 2.96. The zero-order valence-corrected chi connectivity index (χ0v) is 11.2. The van der Waals surface area contributed by atoms with Gasteiger partial charge in [-0.25, -0.2) is 0 Å². The van der Waals surface area contributed by atoms with Gasteiger partial charge in [0, 0.05) is 21.1 Å². The Morgan fingerprint density at radius 1 is 0.526 bits per heavy atom. The molecule has 0 amide bonds. The summed E-state index contributed by atoms with van der Waals surface area (Å²) in [6.45, 7) is 0. The van der Waals surface area contributed by atoms with E-state index >= 15 is 0 Å². The Hall–Kier alpha value is -2.26. The minimum Gasteiger partial charge on any atom is -0.399 e. The molecule has 0 aliphatic carbocycles. The van der Waals surface area contributed by atoms with Crippen LogP contribution in [-0.4, -0.2) is 0 Å². The summed E-state index contributed by atoms with van der Waals surface area (Å²) < 4.78 is 0. The van der Waals surface area contributed by atoms with Crippen LogP contribution in [0.2, 0.25) is 0 Å². The molecule has 0 spiro atoms. The highest BCUT2D eigenvalue weighted by molar-refractivity contribution is 7.18. The molecule has 2 nitrogen and oxygen atoms in total. The summed E-state index contributed by atoms with van der Waals surface area (Å²) in [4.78, 5) is 2.48. The average Bonchev–Trinajstić information content (AvgIpc) is 2.90. The molecule has 1 heterocycles. The zero-order valence-electron chi connectivity index (χ0n) is 10.3. The fraction of sp³-hybridized carbons (Fsp3) is 0. The van der Waals surface area contributed by atoms with Crippen LogP contribution < -0.4 is 11.5 Å². The Morgan fingerprint density at radius 2 is 0.895 bits per heavy atom. The Balaban J connectivity index is 1.95. The molecule has 1 aromatic heterocycles. The molecule has 19 heavy (non-hydrogen) atoms. The van der Waals surface area contributed by atoms with Crippen molar-refractivity contribution < 1.29 is 0 Å². The molecule has 3 aromatic rings. The van der Waals surface area contributed by atoms with Gasteiger partial charge in [-0.15, -0.1) is 11.3 Å². The van der Waals surface area contributed by atoms with Gasteiger partial charge in [0.1, 0.15) is 0 Å². The van der Waals surface area contributed by atoms with Crippen LogP contribution in [0.3, 0.4) is 0 Å². The van der Waals surface area contributed by atoms with Gasteiger partial charge in [-0.2, -0.15) is 0 Å². The fourth-order valence-electron chi connectivity index (χ4n) is 1.94. The molecular weight excluding hydrogens is 252 g/mol. The summed E-state index contributed by atoms with van der Waals surface area (Å²) in [5.41, 5.74) is 15.4. The third-order valence-electron chi connectivity index (χ3n) is 3.00. The number of benzene rings is 2. The minimum atomic E-state index is 0.791. The van der Waals surface area contributed by atoms with Crippen LogP contribution in [0.25, 0.3) is 20.9 Å². The summed E-state index contributed by atoms with van der Waals surface area (Å²) in [6, 6.07) is 20.2. The molecule has 0 unspecified atom stereocenters. The second-order valence-corrected chi connectivity index (χ2v) is 5.49. The maximum absolute atomic E-state index is 5.71. The highest BCUT2D eigenvalue weighted by Gasteiger charge is 2.04. The standard InChI is InChI=1S/C16H14N2S/c17-13-5-1-11(2-6-13)15-9-10-16(19-15)12-3-7-14(18)8-4-12/h1-10H,17-18H2. The number of nitrogen functional groups attached to an aromatic ring is 2. The van der Waals surface area contributed by atoms with Crippen LogP contribution >= 0.6 is 11.3 Å². The number of thiophene rings is 1. The number of anilines is 2. The molecule has 0 atom stereocenters.